The van der Waals surface area contributed by atoms with Gasteiger partial charge >= 0.3 is 0 Å². The molecular weight excluding hydrogens is 262 g/mol. The Labute approximate surface area is 106 Å². The summed E-state index contributed by atoms with van der Waals surface area (Å²) >= 11 is 5.74. The van der Waals surface area contributed by atoms with Crippen molar-refractivity contribution in [3.05, 3.63) is 39.2 Å². The van der Waals surface area contributed by atoms with Crippen LogP contribution in [-0.4, -0.2) is 25.1 Å². The van der Waals surface area contributed by atoms with E-state index in [1.54, 1.807) is 7.05 Å². The maximum absolute atomic E-state index is 10.6. The van der Waals surface area contributed by atoms with Crippen molar-refractivity contribution in [2.75, 3.05) is 0 Å². The fourth-order valence-corrected chi connectivity index (χ4v) is 1.49. The maximum atomic E-state index is 10.6. The predicted octanol–water partition coefficient (Wildman–Crippen LogP) is 1.35. The average molecular weight is 270 g/mol. The number of ether oxygens (including phenoxy) is 1. The first-order valence-electron chi connectivity index (χ1n) is 4.86. The molecule has 0 saturated carbocycles. The van der Waals surface area contributed by atoms with E-state index in [2.05, 4.69) is 15.4 Å². The van der Waals surface area contributed by atoms with Crippen LogP contribution in [-0.2, 0) is 13.7 Å². The van der Waals surface area contributed by atoms with Gasteiger partial charge in [-0.2, -0.15) is 4.80 Å². The smallest absolute Gasteiger partial charge is 0.288 e. The molecular formula is C9H8ClN5O3. The molecule has 2 aromatic rings. The Hall–Kier alpha value is -2.22. The molecule has 8 nitrogen and oxygen atoms in total. The van der Waals surface area contributed by atoms with E-state index in [-0.39, 0.29) is 17.3 Å². The molecule has 0 aliphatic heterocycles. The largest absolute Gasteiger partial charge is 0.485 e. The first-order chi connectivity index (χ1) is 8.56. The molecule has 0 fully saturated rings. The highest BCUT2D eigenvalue weighted by Gasteiger charge is 2.12. The van der Waals surface area contributed by atoms with Crippen LogP contribution < -0.4 is 4.74 Å². The maximum Gasteiger partial charge on any atom is 0.288 e. The SMILES string of the molecule is Cn1nnc(COc2ccc([N+](=O)[O-])c(Cl)c2)n1. The first-order valence-corrected chi connectivity index (χ1v) is 5.23. The van der Waals surface area contributed by atoms with E-state index >= 15 is 0 Å². The summed E-state index contributed by atoms with van der Waals surface area (Å²) in [5.41, 5.74) is -0.165. The quantitative estimate of drug-likeness (QED) is 0.614. The number of hydrogen-bond acceptors (Lipinski definition) is 6. The van der Waals surface area contributed by atoms with Crippen molar-refractivity contribution < 1.29 is 9.66 Å². The topological polar surface area (TPSA) is 96.0 Å². The van der Waals surface area contributed by atoms with Crippen LogP contribution in [0.5, 0.6) is 5.75 Å². The zero-order chi connectivity index (χ0) is 13.1. The number of nitro benzene ring substituents is 1. The van der Waals surface area contributed by atoms with E-state index in [0.717, 1.165) is 0 Å². The minimum Gasteiger partial charge on any atom is -0.485 e. The minimum atomic E-state index is -0.559. The number of rotatable bonds is 4. The Morgan fingerprint density at radius 1 is 1.56 bits per heavy atom. The summed E-state index contributed by atoms with van der Waals surface area (Å²) in [6.45, 7) is 0.113. The van der Waals surface area contributed by atoms with Crippen LogP contribution in [0.2, 0.25) is 5.02 Å². The van der Waals surface area contributed by atoms with Gasteiger partial charge in [-0.1, -0.05) is 11.6 Å². The summed E-state index contributed by atoms with van der Waals surface area (Å²) in [5, 5.41) is 21.9. The second-order valence-corrected chi connectivity index (χ2v) is 3.76. The normalized spacial score (nSPS) is 10.3. The Morgan fingerprint density at radius 3 is 2.89 bits per heavy atom. The fraction of sp³-hybridized carbons (Fsp3) is 0.222. The van der Waals surface area contributed by atoms with Gasteiger partial charge < -0.3 is 4.74 Å². The van der Waals surface area contributed by atoms with Crippen LogP contribution in [0.15, 0.2) is 18.2 Å². The van der Waals surface area contributed by atoms with Crippen molar-refractivity contribution in [3.8, 4) is 5.75 Å². The molecule has 1 aromatic heterocycles. The molecule has 0 spiro atoms. The molecule has 18 heavy (non-hydrogen) atoms. The monoisotopic (exact) mass is 269 g/mol. The highest BCUT2D eigenvalue weighted by molar-refractivity contribution is 6.32. The van der Waals surface area contributed by atoms with Crippen LogP contribution in [0.25, 0.3) is 0 Å². The van der Waals surface area contributed by atoms with E-state index in [0.29, 0.717) is 11.6 Å². The number of nitrogens with zero attached hydrogens (tertiary/aromatic N) is 5. The van der Waals surface area contributed by atoms with Crippen molar-refractivity contribution in [2.45, 2.75) is 6.61 Å². The second-order valence-electron chi connectivity index (χ2n) is 3.35. The molecule has 1 aromatic carbocycles. The van der Waals surface area contributed by atoms with E-state index < -0.39 is 4.92 Å². The Balaban J connectivity index is 2.06. The average Bonchev–Trinajstić information content (AvgIpc) is 2.72. The molecule has 0 amide bonds. The molecule has 0 atom stereocenters. The Morgan fingerprint density at radius 2 is 2.33 bits per heavy atom. The van der Waals surface area contributed by atoms with Gasteiger partial charge in [0.25, 0.3) is 5.69 Å². The molecule has 0 saturated heterocycles. The lowest BCUT2D eigenvalue weighted by Crippen LogP contribution is -1.99. The van der Waals surface area contributed by atoms with Gasteiger partial charge in [-0.3, -0.25) is 10.1 Å². The third kappa shape index (κ3) is 2.72. The molecule has 0 aliphatic rings. The van der Waals surface area contributed by atoms with E-state index in [4.69, 9.17) is 16.3 Å². The molecule has 1 heterocycles. The number of benzene rings is 1. The van der Waals surface area contributed by atoms with Crippen LogP contribution in [0.1, 0.15) is 5.82 Å². The van der Waals surface area contributed by atoms with Gasteiger partial charge in [0.15, 0.2) is 6.61 Å². The highest BCUT2D eigenvalue weighted by atomic mass is 35.5. The molecule has 2 rings (SSSR count). The molecule has 0 unspecified atom stereocenters. The van der Waals surface area contributed by atoms with E-state index in [1.807, 2.05) is 0 Å². The number of halogens is 1. The zero-order valence-electron chi connectivity index (χ0n) is 9.28. The summed E-state index contributed by atoms with van der Waals surface area (Å²) in [7, 11) is 1.64. The van der Waals surface area contributed by atoms with Gasteiger partial charge in [0.2, 0.25) is 5.82 Å². The second kappa shape index (κ2) is 4.96. The van der Waals surface area contributed by atoms with E-state index in [1.165, 1.54) is 23.0 Å². The summed E-state index contributed by atoms with van der Waals surface area (Å²) in [6, 6.07) is 4.11. The minimum absolute atomic E-state index is 0.0182. The Bertz CT molecular complexity index is 585. The third-order valence-corrected chi connectivity index (χ3v) is 2.34. The molecule has 0 aliphatic carbocycles. The lowest BCUT2D eigenvalue weighted by molar-refractivity contribution is -0.384. The van der Waals surface area contributed by atoms with Gasteiger partial charge in [0.1, 0.15) is 10.8 Å². The molecule has 0 radical (unpaired) electrons. The standard InChI is InChI=1S/C9H8ClN5O3/c1-14-12-9(11-13-14)5-18-6-2-3-8(15(16)17)7(10)4-6/h2-4H,5H2,1H3. The molecule has 0 bridgehead atoms. The van der Waals surface area contributed by atoms with Gasteiger partial charge in [-0.15, -0.1) is 10.2 Å². The van der Waals surface area contributed by atoms with Crippen LogP contribution in [0.3, 0.4) is 0 Å². The van der Waals surface area contributed by atoms with Gasteiger partial charge in [-0.25, -0.2) is 0 Å². The summed E-state index contributed by atoms with van der Waals surface area (Å²) in [4.78, 5) is 11.3. The number of aromatic nitrogens is 4. The van der Waals surface area contributed by atoms with Crippen LogP contribution in [0.4, 0.5) is 5.69 Å². The third-order valence-electron chi connectivity index (χ3n) is 2.03. The predicted molar refractivity (Wildman–Crippen MR) is 61.2 cm³/mol. The van der Waals surface area contributed by atoms with Crippen molar-refractivity contribution in [1.29, 1.82) is 0 Å². The summed E-state index contributed by atoms with van der Waals surface area (Å²) in [6.07, 6.45) is 0. The molecule has 9 heteroatoms. The number of tetrazole rings is 1. The number of nitro groups is 1. The lowest BCUT2D eigenvalue weighted by Gasteiger charge is -2.03. The van der Waals surface area contributed by atoms with E-state index in [9.17, 15) is 10.1 Å². The van der Waals surface area contributed by atoms with Gasteiger partial charge in [-0.05, 0) is 11.3 Å². The van der Waals surface area contributed by atoms with Crippen molar-refractivity contribution in [1.82, 2.24) is 20.2 Å². The molecule has 0 N–H and O–H groups in total. The lowest BCUT2D eigenvalue weighted by atomic mass is 10.3. The number of hydrogen-bond donors (Lipinski definition) is 0. The van der Waals surface area contributed by atoms with Gasteiger partial charge in [0.05, 0.1) is 12.0 Å². The first kappa shape index (κ1) is 12.2. The van der Waals surface area contributed by atoms with Crippen LogP contribution >= 0.6 is 11.6 Å². The Kier molecular flexibility index (Phi) is 3.38. The van der Waals surface area contributed by atoms with Crippen molar-refractivity contribution >= 4 is 17.3 Å². The van der Waals surface area contributed by atoms with Crippen molar-refractivity contribution in [2.24, 2.45) is 7.05 Å². The molecule has 94 valence electrons. The van der Waals surface area contributed by atoms with Crippen LogP contribution in [0, 0.1) is 10.1 Å². The zero-order valence-corrected chi connectivity index (χ0v) is 10.0. The number of aryl methyl sites for hydroxylation is 1. The highest BCUT2D eigenvalue weighted by Crippen LogP contribution is 2.28. The fourth-order valence-electron chi connectivity index (χ4n) is 1.25. The van der Waals surface area contributed by atoms with Crippen molar-refractivity contribution in [3.63, 3.8) is 0 Å². The summed E-state index contributed by atoms with van der Waals surface area (Å²) < 4.78 is 5.34. The van der Waals surface area contributed by atoms with Gasteiger partial charge in [0, 0.05) is 12.1 Å². The summed E-state index contributed by atoms with van der Waals surface area (Å²) in [5.74, 6) is 0.810.